The molecule has 0 spiro atoms. The van der Waals surface area contributed by atoms with Gasteiger partial charge in [-0.25, -0.2) is 4.98 Å². The molecule has 90 valence electrons. The molecule has 0 radical (unpaired) electrons. The zero-order valence-electron chi connectivity index (χ0n) is 10.2. The van der Waals surface area contributed by atoms with E-state index in [0.29, 0.717) is 0 Å². The van der Waals surface area contributed by atoms with Crippen LogP contribution < -0.4 is 10.9 Å². The fraction of sp³-hybridized carbons (Fsp3) is 0.333. The lowest BCUT2D eigenvalue weighted by molar-refractivity contribution is 0.859. The Kier molecular flexibility index (Phi) is 3.28. The fourth-order valence-electron chi connectivity index (χ4n) is 1.62. The van der Waals surface area contributed by atoms with Crippen LogP contribution in [0.4, 0.5) is 5.69 Å². The molecule has 0 aromatic carbocycles. The lowest BCUT2D eigenvalue weighted by Gasteiger charge is -2.06. The number of pyridine rings is 1. The highest BCUT2D eigenvalue weighted by Gasteiger charge is 2.04. The Morgan fingerprint density at radius 2 is 2.18 bits per heavy atom. The van der Waals surface area contributed by atoms with Crippen LogP contribution in [0.2, 0.25) is 0 Å². The average molecular weight is 249 g/mol. The van der Waals surface area contributed by atoms with Gasteiger partial charge in [-0.05, 0) is 19.9 Å². The Labute approximate surface area is 104 Å². The minimum absolute atomic E-state index is 0.000338. The lowest BCUT2D eigenvalue weighted by atomic mass is 10.3. The number of thiazole rings is 1. The van der Waals surface area contributed by atoms with E-state index in [1.54, 1.807) is 41.3 Å². The highest BCUT2D eigenvalue weighted by atomic mass is 32.1. The Hall–Kier alpha value is -1.62. The first kappa shape index (κ1) is 11.9. The molecule has 2 aromatic rings. The summed E-state index contributed by atoms with van der Waals surface area (Å²) in [4.78, 5) is 16.8. The van der Waals surface area contributed by atoms with Gasteiger partial charge in [0.15, 0.2) is 0 Å². The predicted molar refractivity (Wildman–Crippen MR) is 70.6 cm³/mol. The van der Waals surface area contributed by atoms with Crippen molar-refractivity contribution in [1.29, 1.82) is 0 Å². The quantitative estimate of drug-likeness (QED) is 0.906. The molecule has 2 aromatic heterocycles. The maximum Gasteiger partial charge on any atom is 0.250 e. The van der Waals surface area contributed by atoms with E-state index in [0.717, 1.165) is 22.9 Å². The number of anilines is 1. The van der Waals surface area contributed by atoms with Gasteiger partial charge in [0.1, 0.15) is 0 Å². The fourth-order valence-corrected chi connectivity index (χ4v) is 2.50. The van der Waals surface area contributed by atoms with Crippen LogP contribution >= 0.6 is 11.3 Å². The number of aryl methyl sites for hydroxylation is 3. The molecule has 0 fully saturated rings. The maximum absolute atomic E-state index is 11.2. The van der Waals surface area contributed by atoms with E-state index in [1.165, 1.54) is 4.88 Å². The Bertz CT molecular complexity index is 586. The molecule has 2 heterocycles. The van der Waals surface area contributed by atoms with Gasteiger partial charge in [0.05, 0.1) is 22.9 Å². The normalized spacial score (nSPS) is 10.5. The number of nitrogens with one attached hydrogen (secondary N) is 1. The third-order valence-corrected chi connectivity index (χ3v) is 3.61. The monoisotopic (exact) mass is 249 g/mol. The zero-order chi connectivity index (χ0) is 12.4. The van der Waals surface area contributed by atoms with Crippen LogP contribution in [0.1, 0.15) is 15.6 Å². The van der Waals surface area contributed by atoms with Crippen molar-refractivity contribution in [2.75, 3.05) is 5.32 Å². The van der Waals surface area contributed by atoms with Gasteiger partial charge in [0.2, 0.25) is 5.56 Å². The summed E-state index contributed by atoms with van der Waals surface area (Å²) in [6, 6.07) is 3.36. The number of rotatable bonds is 3. The second kappa shape index (κ2) is 4.71. The molecule has 0 saturated heterocycles. The molecular weight excluding hydrogens is 234 g/mol. The third-order valence-electron chi connectivity index (χ3n) is 2.54. The molecule has 17 heavy (non-hydrogen) atoms. The van der Waals surface area contributed by atoms with Crippen LogP contribution in [-0.4, -0.2) is 9.55 Å². The van der Waals surface area contributed by atoms with E-state index in [2.05, 4.69) is 10.3 Å². The zero-order valence-corrected chi connectivity index (χ0v) is 11.0. The molecule has 0 unspecified atom stereocenters. The standard InChI is InChI=1S/C12H15N3OS/c1-8-11(17-9(2)14-8)6-13-10-4-5-12(16)15(3)7-10/h4-5,7,13H,6H2,1-3H3. The van der Waals surface area contributed by atoms with Crippen LogP contribution in [-0.2, 0) is 13.6 Å². The van der Waals surface area contributed by atoms with E-state index in [9.17, 15) is 4.79 Å². The van der Waals surface area contributed by atoms with Crippen LogP contribution in [0.5, 0.6) is 0 Å². The van der Waals surface area contributed by atoms with Gasteiger partial charge in [-0.2, -0.15) is 0 Å². The largest absolute Gasteiger partial charge is 0.379 e. The van der Waals surface area contributed by atoms with E-state index in [1.807, 2.05) is 13.8 Å². The second-order valence-electron chi connectivity index (χ2n) is 3.96. The van der Waals surface area contributed by atoms with Crippen LogP contribution in [0.25, 0.3) is 0 Å². The van der Waals surface area contributed by atoms with Crippen LogP contribution in [0, 0.1) is 13.8 Å². The Morgan fingerprint density at radius 3 is 2.76 bits per heavy atom. The molecule has 2 rings (SSSR count). The summed E-state index contributed by atoms with van der Waals surface area (Å²) in [6.07, 6.45) is 1.80. The van der Waals surface area contributed by atoms with Gasteiger partial charge in [0.25, 0.3) is 0 Å². The Balaban J connectivity index is 2.09. The molecular formula is C12H15N3OS. The first-order valence-corrected chi connectivity index (χ1v) is 6.21. The van der Waals surface area contributed by atoms with Crippen molar-refractivity contribution in [3.63, 3.8) is 0 Å². The molecule has 0 amide bonds. The Morgan fingerprint density at radius 1 is 1.41 bits per heavy atom. The van der Waals surface area contributed by atoms with Gasteiger partial charge in [-0.15, -0.1) is 11.3 Å². The number of hydrogen-bond donors (Lipinski definition) is 1. The van der Waals surface area contributed by atoms with E-state index < -0.39 is 0 Å². The van der Waals surface area contributed by atoms with Crippen LogP contribution in [0.15, 0.2) is 23.1 Å². The number of hydrogen-bond acceptors (Lipinski definition) is 4. The molecule has 0 bridgehead atoms. The molecule has 4 nitrogen and oxygen atoms in total. The van der Waals surface area contributed by atoms with Crippen molar-refractivity contribution in [1.82, 2.24) is 9.55 Å². The van der Waals surface area contributed by atoms with Crippen LogP contribution in [0.3, 0.4) is 0 Å². The van der Waals surface area contributed by atoms with E-state index in [4.69, 9.17) is 0 Å². The third kappa shape index (κ3) is 2.74. The van der Waals surface area contributed by atoms with Gasteiger partial charge >= 0.3 is 0 Å². The summed E-state index contributed by atoms with van der Waals surface area (Å²) in [7, 11) is 1.75. The van der Waals surface area contributed by atoms with Crippen molar-refractivity contribution in [3.8, 4) is 0 Å². The minimum Gasteiger partial charge on any atom is -0.379 e. The van der Waals surface area contributed by atoms with Gasteiger partial charge in [-0.1, -0.05) is 0 Å². The summed E-state index contributed by atoms with van der Waals surface area (Å²) < 4.78 is 1.56. The van der Waals surface area contributed by atoms with Crippen molar-refractivity contribution < 1.29 is 0 Å². The van der Waals surface area contributed by atoms with Gasteiger partial charge < -0.3 is 9.88 Å². The highest BCUT2D eigenvalue weighted by molar-refractivity contribution is 7.11. The molecule has 0 atom stereocenters. The maximum atomic E-state index is 11.2. The van der Waals surface area contributed by atoms with E-state index >= 15 is 0 Å². The van der Waals surface area contributed by atoms with Crippen molar-refractivity contribution >= 4 is 17.0 Å². The van der Waals surface area contributed by atoms with Crippen molar-refractivity contribution in [2.45, 2.75) is 20.4 Å². The van der Waals surface area contributed by atoms with E-state index in [-0.39, 0.29) is 5.56 Å². The van der Waals surface area contributed by atoms with Crippen molar-refractivity contribution in [2.24, 2.45) is 7.05 Å². The summed E-state index contributed by atoms with van der Waals surface area (Å²) in [5.74, 6) is 0. The molecule has 0 aliphatic carbocycles. The molecule has 0 aliphatic heterocycles. The summed E-state index contributed by atoms with van der Waals surface area (Å²) in [5, 5.41) is 4.38. The number of nitrogens with zero attached hydrogens (tertiary/aromatic N) is 2. The smallest absolute Gasteiger partial charge is 0.250 e. The predicted octanol–water partition coefficient (Wildman–Crippen LogP) is 2.07. The van der Waals surface area contributed by atoms with Gasteiger partial charge in [0, 0.05) is 24.2 Å². The SMILES string of the molecule is Cc1nc(C)c(CNc2ccc(=O)n(C)c2)s1. The van der Waals surface area contributed by atoms with Gasteiger partial charge in [-0.3, -0.25) is 4.79 Å². The lowest BCUT2D eigenvalue weighted by Crippen LogP contribution is -2.15. The highest BCUT2D eigenvalue weighted by Crippen LogP contribution is 2.18. The molecule has 0 saturated carbocycles. The van der Waals surface area contributed by atoms with Crippen molar-refractivity contribution in [3.05, 3.63) is 44.3 Å². The molecule has 1 N–H and O–H groups in total. The molecule has 0 aliphatic rings. The number of aromatic nitrogens is 2. The molecule has 5 heteroatoms. The first-order valence-electron chi connectivity index (χ1n) is 5.40. The second-order valence-corrected chi connectivity index (χ2v) is 5.25. The minimum atomic E-state index is 0.000338. The summed E-state index contributed by atoms with van der Waals surface area (Å²) >= 11 is 1.70. The topological polar surface area (TPSA) is 46.9 Å². The summed E-state index contributed by atoms with van der Waals surface area (Å²) in [5.41, 5.74) is 2.02. The first-order chi connectivity index (χ1) is 8.06. The summed E-state index contributed by atoms with van der Waals surface area (Å²) in [6.45, 7) is 4.77. The average Bonchev–Trinajstić information content (AvgIpc) is 2.59.